The summed E-state index contributed by atoms with van der Waals surface area (Å²) >= 11 is 0. The number of rotatable bonds is 3. The van der Waals surface area contributed by atoms with E-state index in [2.05, 4.69) is 5.32 Å². The van der Waals surface area contributed by atoms with Crippen LogP contribution in [0.5, 0.6) is 11.5 Å². The number of phenolic OH excluding ortho intramolecular Hbond substituents is 1. The fraction of sp³-hybridized carbons (Fsp3) is 0.479. The third kappa shape index (κ3) is 8.53. The molecule has 4 bridgehead atoms. The fourth-order valence-electron chi connectivity index (χ4n) is 9.22. The molecular weight excluding hydrogens is 841 g/mol. The number of ether oxygens (including phenoxy) is 4. The van der Waals surface area contributed by atoms with Crippen molar-refractivity contribution in [3.63, 3.8) is 0 Å². The maximum absolute atomic E-state index is 14.8. The van der Waals surface area contributed by atoms with E-state index in [0.29, 0.717) is 31.6 Å². The van der Waals surface area contributed by atoms with Gasteiger partial charge < -0.3 is 59.7 Å². The summed E-state index contributed by atoms with van der Waals surface area (Å²) in [4.78, 5) is 61.9. The Balaban J connectivity index is 1.48. The van der Waals surface area contributed by atoms with Gasteiger partial charge in [-0.25, -0.2) is 4.98 Å². The van der Waals surface area contributed by atoms with Crippen molar-refractivity contribution < 1.29 is 53.4 Å². The normalized spacial score (nSPS) is 29.7. The van der Waals surface area contributed by atoms with Crippen LogP contribution in [0.1, 0.15) is 66.9 Å². The second-order valence-corrected chi connectivity index (χ2v) is 17.9. The minimum Gasteiger partial charge on any atom is -0.507 e. The first-order valence-corrected chi connectivity index (χ1v) is 21.8. The number of carbonyl (C=O) groups is 2. The van der Waals surface area contributed by atoms with Gasteiger partial charge in [0.25, 0.3) is 5.91 Å². The lowest BCUT2D eigenvalue weighted by molar-refractivity contribution is -0.160. The molecule has 1 aromatic heterocycles. The molecular formula is C48H58N4O13. The molecule has 4 aromatic rings. The highest BCUT2D eigenvalue weighted by molar-refractivity contribution is 6.16. The number of anilines is 2. The number of hydrogen-bond donors (Lipinski definition) is 6. The number of aliphatic hydroxyl groups excluding tert-OH is 3. The topological polar surface area (TPSA) is 253 Å². The van der Waals surface area contributed by atoms with Crippen molar-refractivity contribution in [2.24, 2.45) is 29.4 Å². The minimum absolute atomic E-state index is 0.0161. The summed E-state index contributed by atoms with van der Waals surface area (Å²) in [6, 6.07) is 3.10. The summed E-state index contributed by atoms with van der Waals surface area (Å²) in [5.74, 6) is -6.97. The Morgan fingerprint density at radius 2 is 1.66 bits per heavy atom. The summed E-state index contributed by atoms with van der Waals surface area (Å²) in [6.07, 6.45) is 4.94. The predicted octanol–water partition coefficient (Wildman–Crippen LogP) is 4.49. The molecule has 9 atom stereocenters. The first kappa shape index (κ1) is 47.0. The number of piperidine rings is 1. The van der Waals surface area contributed by atoms with Crippen LogP contribution < -0.4 is 36.8 Å². The van der Waals surface area contributed by atoms with Crippen molar-refractivity contribution in [1.82, 2.24) is 4.98 Å². The van der Waals surface area contributed by atoms with E-state index >= 15 is 0 Å². The molecule has 4 heterocycles. The molecule has 1 fully saturated rings. The maximum Gasteiger partial charge on any atom is 0.307 e. The Hall–Kier alpha value is -6.01. The number of nitrogens with zero attached hydrogens (tertiary/aromatic N) is 2. The number of methoxy groups -OCH3 is 1. The summed E-state index contributed by atoms with van der Waals surface area (Å²) in [5, 5.41) is 49.1. The molecule has 0 saturated carbocycles. The lowest BCUT2D eigenvalue weighted by Gasteiger charge is -2.38. The van der Waals surface area contributed by atoms with Gasteiger partial charge >= 0.3 is 11.8 Å². The largest absolute Gasteiger partial charge is 0.507 e. The van der Waals surface area contributed by atoms with Crippen LogP contribution in [-0.2, 0) is 23.8 Å². The van der Waals surface area contributed by atoms with Crippen LogP contribution in [0.4, 0.5) is 11.4 Å². The van der Waals surface area contributed by atoms with Gasteiger partial charge in [-0.1, -0.05) is 45.9 Å². The van der Waals surface area contributed by atoms with Crippen molar-refractivity contribution in [1.29, 1.82) is 0 Å². The van der Waals surface area contributed by atoms with Crippen LogP contribution in [0, 0.1) is 30.6 Å². The second kappa shape index (κ2) is 18.1. The van der Waals surface area contributed by atoms with Gasteiger partial charge in [0.05, 0.1) is 35.2 Å². The molecule has 1 amide bonds. The van der Waals surface area contributed by atoms with E-state index in [1.54, 1.807) is 45.9 Å². The number of hydrogen-bond acceptors (Lipinski definition) is 16. The van der Waals surface area contributed by atoms with E-state index in [9.17, 15) is 39.6 Å². The molecule has 7 rings (SSSR count). The number of nitrogens with one attached hydrogen (secondary N) is 1. The minimum atomic E-state index is -1.98. The van der Waals surface area contributed by atoms with E-state index in [4.69, 9.17) is 34.1 Å². The van der Waals surface area contributed by atoms with Crippen molar-refractivity contribution in [2.45, 2.75) is 104 Å². The Morgan fingerprint density at radius 3 is 2.32 bits per heavy atom. The Kier molecular flexibility index (Phi) is 13.1. The highest BCUT2D eigenvalue weighted by atomic mass is 16.7. The smallest absolute Gasteiger partial charge is 0.307 e. The number of amides is 1. The zero-order chi connectivity index (χ0) is 47.4. The molecule has 17 heteroatoms. The van der Waals surface area contributed by atoms with Crippen molar-refractivity contribution >= 4 is 62.0 Å². The molecule has 0 radical (unpaired) electrons. The highest BCUT2D eigenvalue weighted by Crippen LogP contribution is 2.42. The van der Waals surface area contributed by atoms with Crippen molar-refractivity contribution in [2.75, 3.05) is 30.4 Å². The zero-order valence-electron chi connectivity index (χ0n) is 38.0. The number of allylic oxidation sites excluding steroid dienone is 2. The average Bonchev–Trinajstić information content (AvgIpc) is 3.54. The Bertz CT molecular complexity index is 2830. The van der Waals surface area contributed by atoms with Gasteiger partial charge in [-0.05, 0) is 32.8 Å². The number of aromatic hydroxyl groups is 1. The Labute approximate surface area is 374 Å². The number of carbonyl (C=O) groups excluding carboxylic acids is 2. The van der Waals surface area contributed by atoms with E-state index in [0.717, 1.165) is 0 Å². The van der Waals surface area contributed by atoms with Crippen LogP contribution in [-0.4, -0.2) is 93.7 Å². The lowest BCUT2D eigenvalue weighted by Crippen LogP contribution is -2.46. The first-order chi connectivity index (χ1) is 30.7. The van der Waals surface area contributed by atoms with E-state index < -0.39 is 88.1 Å². The number of esters is 1. The molecule has 0 spiro atoms. The summed E-state index contributed by atoms with van der Waals surface area (Å²) in [7, 11) is 1.44. The van der Waals surface area contributed by atoms with Crippen LogP contribution >= 0.6 is 0 Å². The first-order valence-electron chi connectivity index (χ1n) is 21.8. The Morgan fingerprint density at radius 1 is 0.969 bits per heavy atom. The number of phenols is 1. The van der Waals surface area contributed by atoms with Crippen LogP contribution in [0.25, 0.3) is 38.7 Å². The van der Waals surface area contributed by atoms with Crippen LogP contribution in [0.2, 0.25) is 0 Å². The number of fused-ring (bicyclic) bond motifs is 2. The van der Waals surface area contributed by atoms with Gasteiger partial charge in [0.2, 0.25) is 10.9 Å². The molecule has 3 aromatic carbocycles. The monoisotopic (exact) mass is 898 g/mol. The summed E-state index contributed by atoms with van der Waals surface area (Å²) in [5.41, 5.74) is 4.63. The maximum atomic E-state index is 14.8. The molecule has 348 valence electrons. The SMILES string of the molecule is CO[C@H]1C=CO[C@@]2(C)Oc3c(C)c(O)c4c(=O)c(c5oc6cc(N7CCC(N)CC7)cc(=O)c6nc5c4c3=C2O)NC(=O)/C(C)=C/C=C/[C@H](C)[C@H](O)[C@@H](C)[C@@H](O)[C@@H](C)[C@H](OC(C)=O)[C@@H]1C. The van der Waals surface area contributed by atoms with Crippen LogP contribution in [0.3, 0.4) is 0 Å². The van der Waals surface area contributed by atoms with Crippen LogP contribution in [0.15, 0.2) is 62.3 Å². The quantitative estimate of drug-likeness (QED) is 0.0941. The number of nitrogens with two attached hydrogens (primary N) is 1. The molecule has 1 saturated heterocycles. The average molecular weight is 899 g/mol. The number of benzene rings is 3. The second-order valence-electron chi connectivity index (χ2n) is 17.9. The highest BCUT2D eigenvalue weighted by Gasteiger charge is 2.44. The third-order valence-corrected chi connectivity index (χ3v) is 13.3. The van der Waals surface area contributed by atoms with E-state index in [-0.39, 0.29) is 66.8 Å². The predicted molar refractivity (Wildman–Crippen MR) is 244 cm³/mol. The standard InChI is InChI=1S/C48H58N4O13/c1-21-11-10-12-22(2)47(60)51-38-42(58)34-33(37-45(38)64-32-20-29(19-30(54)36(32)50-37)52-16-13-28(49)14-17-52)35-44(26(6)41(34)57)65-48(8,46(35)59)62-18-15-31(61-9)23(3)43(63-27(7)53)25(5)40(56)24(4)39(21)55/h10-12,15,18-21,23-25,28,31,39-40,43,55-57,59H,13-14,16-17,49H2,1-9H3,(H,51,60)/b11-10+,18-15?,22-12+/t21-,23+,24+,25+,31-,39-,40+,43+,48-/m0/s1. The number of aliphatic hydroxyl groups is 3. The third-order valence-electron chi connectivity index (χ3n) is 13.3. The molecule has 7 N–H and O–H groups in total. The molecule has 0 aliphatic carbocycles. The van der Waals surface area contributed by atoms with Gasteiger partial charge in [0.15, 0.2) is 22.4 Å². The van der Waals surface area contributed by atoms with E-state index in [1.807, 2.05) is 4.90 Å². The lowest BCUT2D eigenvalue weighted by atomic mass is 9.78. The summed E-state index contributed by atoms with van der Waals surface area (Å²) < 4.78 is 30.4. The molecule has 3 aliphatic rings. The van der Waals surface area contributed by atoms with Crippen molar-refractivity contribution in [3.8, 4) is 11.5 Å². The summed E-state index contributed by atoms with van der Waals surface area (Å²) in [6.45, 7) is 13.8. The zero-order valence-corrected chi connectivity index (χ0v) is 38.0. The fourth-order valence-corrected chi connectivity index (χ4v) is 9.22. The van der Waals surface area contributed by atoms with Gasteiger partial charge in [0.1, 0.15) is 28.8 Å². The van der Waals surface area contributed by atoms with Gasteiger partial charge in [0, 0.05) is 98.1 Å². The van der Waals surface area contributed by atoms with Gasteiger partial charge in [-0.15, -0.1) is 0 Å². The van der Waals surface area contributed by atoms with Gasteiger partial charge in [-0.3, -0.25) is 19.2 Å². The van der Waals surface area contributed by atoms with Gasteiger partial charge in [-0.2, -0.15) is 0 Å². The molecule has 17 nitrogen and oxygen atoms in total. The molecule has 3 aliphatic heterocycles. The van der Waals surface area contributed by atoms with E-state index in [1.165, 1.54) is 59.3 Å². The number of aromatic nitrogens is 1. The molecule has 0 unspecified atom stereocenters. The molecule has 65 heavy (non-hydrogen) atoms. The van der Waals surface area contributed by atoms with Crippen molar-refractivity contribution in [3.05, 3.63) is 79.5 Å².